The zero-order valence-corrected chi connectivity index (χ0v) is 17.8. The van der Waals surface area contributed by atoms with Crippen molar-refractivity contribution in [3.8, 4) is 0 Å². The van der Waals surface area contributed by atoms with Crippen molar-refractivity contribution in [1.29, 1.82) is 0 Å². The Morgan fingerprint density at radius 1 is 1.17 bits per heavy atom. The largest absolute Gasteiger partial charge is 0.466 e. The number of hydrogen-bond acceptors (Lipinski definition) is 4. The molecule has 1 aromatic heterocycles. The van der Waals surface area contributed by atoms with Crippen molar-refractivity contribution in [3.63, 3.8) is 0 Å². The summed E-state index contributed by atoms with van der Waals surface area (Å²) in [6.07, 6.45) is 4.38. The molecular weight excluding hydrogens is 364 g/mol. The number of nitrogens with zero attached hydrogens (tertiary/aromatic N) is 2. The van der Waals surface area contributed by atoms with Crippen molar-refractivity contribution in [2.45, 2.75) is 39.8 Å². The molecule has 0 spiro atoms. The molecule has 1 aliphatic heterocycles. The lowest BCUT2D eigenvalue weighted by Crippen LogP contribution is -2.44. The smallest absolute Gasteiger partial charge is 0.191 e. The van der Waals surface area contributed by atoms with Crippen LogP contribution in [0, 0.1) is 13.8 Å². The second-order valence-corrected chi connectivity index (χ2v) is 7.69. The van der Waals surface area contributed by atoms with Crippen molar-refractivity contribution >= 4 is 11.6 Å². The number of aliphatic imine (C=N–C) groups is 1. The Morgan fingerprint density at radius 3 is 2.45 bits per heavy atom. The number of aliphatic hydroxyl groups is 1. The minimum atomic E-state index is -1.05. The number of aryl methyl sites for hydroxylation is 2. The van der Waals surface area contributed by atoms with Crippen molar-refractivity contribution < 1.29 is 9.52 Å². The number of furan rings is 1. The third kappa shape index (κ3) is 5.41. The fourth-order valence-electron chi connectivity index (χ4n) is 3.53. The van der Waals surface area contributed by atoms with Gasteiger partial charge in [0.25, 0.3) is 0 Å². The van der Waals surface area contributed by atoms with E-state index < -0.39 is 5.60 Å². The SMILES string of the molecule is CCNC(=NCc1ccc(N2CC=CC2)cc1)NCC(C)(O)c1cc(C)oc1C. The quantitative estimate of drug-likeness (QED) is 0.381. The highest BCUT2D eigenvalue weighted by atomic mass is 16.3. The van der Waals surface area contributed by atoms with Crippen LogP contribution in [0.1, 0.15) is 36.5 Å². The number of hydrogen-bond donors (Lipinski definition) is 3. The van der Waals surface area contributed by atoms with E-state index in [1.807, 2.05) is 26.8 Å². The molecular formula is C23H32N4O2. The summed E-state index contributed by atoms with van der Waals surface area (Å²) in [5.74, 6) is 2.22. The lowest BCUT2D eigenvalue weighted by atomic mass is 9.96. The standard InChI is InChI=1S/C23H32N4O2/c1-5-24-22(26-16-23(4,28)21-14-17(2)29-18(21)3)25-15-19-8-10-20(11-9-19)27-12-6-7-13-27/h6-11,14,28H,5,12-13,15-16H2,1-4H3,(H2,24,25,26). The van der Waals surface area contributed by atoms with Gasteiger partial charge in [-0.05, 0) is 51.5 Å². The molecule has 0 amide bonds. The third-order valence-corrected chi connectivity index (χ3v) is 5.10. The fraction of sp³-hybridized carbons (Fsp3) is 0.435. The van der Waals surface area contributed by atoms with E-state index in [1.165, 1.54) is 5.69 Å². The molecule has 29 heavy (non-hydrogen) atoms. The molecule has 2 heterocycles. The van der Waals surface area contributed by atoms with E-state index in [9.17, 15) is 5.11 Å². The molecule has 156 valence electrons. The molecule has 0 fully saturated rings. The second-order valence-electron chi connectivity index (χ2n) is 7.69. The predicted octanol–water partition coefficient (Wildman–Crippen LogP) is 3.24. The Bertz CT molecular complexity index is 858. The van der Waals surface area contributed by atoms with E-state index in [4.69, 9.17) is 4.42 Å². The highest BCUT2D eigenvalue weighted by Gasteiger charge is 2.27. The molecule has 1 aliphatic rings. The van der Waals surface area contributed by atoms with E-state index in [1.54, 1.807) is 6.92 Å². The molecule has 0 radical (unpaired) electrons. The van der Waals surface area contributed by atoms with Crippen LogP contribution in [0.2, 0.25) is 0 Å². The van der Waals surface area contributed by atoms with Crippen LogP contribution in [0.3, 0.4) is 0 Å². The van der Waals surface area contributed by atoms with Gasteiger partial charge >= 0.3 is 0 Å². The lowest BCUT2D eigenvalue weighted by Gasteiger charge is -2.24. The summed E-state index contributed by atoms with van der Waals surface area (Å²) in [7, 11) is 0. The maximum Gasteiger partial charge on any atom is 0.191 e. The maximum absolute atomic E-state index is 10.9. The normalized spacial score (nSPS) is 16.2. The maximum atomic E-state index is 10.9. The number of anilines is 1. The van der Waals surface area contributed by atoms with Gasteiger partial charge in [-0.2, -0.15) is 0 Å². The van der Waals surface area contributed by atoms with E-state index in [0.29, 0.717) is 19.0 Å². The van der Waals surface area contributed by atoms with Crippen LogP contribution in [-0.4, -0.2) is 37.2 Å². The van der Waals surface area contributed by atoms with Crippen LogP contribution < -0.4 is 15.5 Å². The van der Waals surface area contributed by atoms with Crippen molar-refractivity contribution in [3.05, 3.63) is 65.1 Å². The Balaban J connectivity index is 1.61. The Labute approximate surface area is 173 Å². The van der Waals surface area contributed by atoms with Gasteiger partial charge in [0.1, 0.15) is 17.1 Å². The van der Waals surface area contributed by atoms with E-state index in [0.717, 1.165) is 42.3 Å². The summed E-state index contributed by atoms with van der Waals surface area (Å²) in [4.78, 5) is 6.99. The van der Waals surface area contributed by atoms with Gasteiger partial charge in [0.2, 0.25) is 0 Å². The van der Waals surface area contributed by atoms with Crippen LogP contribution in [0.5, 0.6) is 0 Å². The van der Waals surface area contributed by atoms with Crippen LogP contribution in [0.25, 0.3) is 0 Å². The average Bonchev–Trinajstić information content (AvgIpc) is 3.34. The van der Waals surface area contributed by atoms with Crippen LogP contribution in [0.15, 0.2) is 51.9 Å². The monoisotopic (exact) mass is 396 g/mol. The molecule has 3 rings (SSSR count). The summed E-state index contributed by atoms with van der Waals surface area (Å²) >= 11 is 0. The molecule has 0 aliphatic carbocycles. The van der Waals surface area contributed by atoms with Crippen molar-refractivity contribution in [2.75, 3.05) is 31.1 Å². The zero-order chi connectivity index (χ0) is 20.9. The van der Waals surface area contributed by atoms with Gasteiger partial charge in [-0.15, -0.1) is 0 Å². The summed E-state index contributed by atoms with van der Waals surface area (Å²) < 4.78 is 5.57. The minimum absolute atomic E-state index is 0.333. The first-order valence-electron chi connectivity index (χ1n) is 10.2. The Hall–Kier alpha value is -2.73. The first-order valence-corrected chi connectivity index (χ1v) is 10.2. The Morgan fingerprint density at radius 2 is 1.86 bits per heavy atom. The van der Waals surface area contributed by atoms with Gasteiger partial charge in [-0.3, -0.25) is 0 Å². The lowest BCUT2D eigenvalue weighted by molar-refractivity contribution is 0.0601. The molecule has 1 atom stereocenters. The van der Waals surface area contributed by atoms with Crippen LogP contribution in [0.4, 0.5) is 5.69 Å². The van der Waals surface area contributed by atoms with E-state index in [-0.39, 0.29) is 0 Å². The molecule has 6 heteroatoms. The number of rotatable bonds is 7. The van der Waals surface area contributed by atoms with E-state index in [2.05, 4.69) is 56.9 Å². The highest BCUT2D eigenvalue weighted by molar-refractivity contribution is 5.79. The van der Waals surface area contributed by atoms with Gasteiger partial charge in [0, 0.05) is 30.9 Å². The zero-order valence-electron chi connectivity index (χ0n) is 17.8. The Kier molecular flexibility index (Phi) is 6.64. The van der Waals surface area contributed by atoms with Gasteiger partial charge in [-0.25, -0.2) is 4.99 Å². The molecule has 1 aromatic carbocycles. The summed E-state index contributed by atoms with van der Waals surface area (Å²) in [5, 5.41) is 17.4. The second kappa shape index (κ2) is 9.18. The fourth-order valence-corrected chi connectivity index (χ4v) is 3.53. The highest BCUT2D eigenvalue weighted by Crippen LogP contribution is 2.26. The number of guanidine groups is 1. The predicted molar refractivity (Wildman–Crippen MR) is 118 cm³/mol. The molecule has 0 saturated carbocycles. The first kappa shape index (κ1) is 21.0. The van der Waals surface area contributed by atoms with Gasteiger partial charge < -0.3 is 25.1 Å². The number of benzene rings is 1. The topological polar surface area (TPSA) is 73.0 Å². The summed E-state index contributed by atoms with van der Waals surface area (Å²) in [6.45, 7) is 11.2. The van der Waals surface area contributed by atoms with Gasteiger partial charge in [0.15, 0.2) is 5.96 Å². The van der Waals surface area contributed by atoms with Gasteiger partial charge in [0.05, 0.1) is 13.1 Å². The van der Waals surface area contributed by atoms with E-state index >= 15 is 0 Å². The molecule has 1 unspecified atom stereocenters. The number of nitrogens with one attached hydrogen (secondary N) is 2. The van der Waals surface area contributed by atoms with Crippen LogP contribution >= 0.6 is 0 Å². The first-order chi connectivity index (χ1) is 13.9. The molecule has 3 N–H and O–H groups in total. The molecule has 0 bridgehead atoms. The third-order valence-electron chi connectivity index (χ3n) is 5.10. The molecule has 6 nitrogen and oxygen atoms in total. The van der Waals surface area contributed by atoms with Gasteiger partial charge in [-0.1, -0.05) is 24.3 Å². The summed E-state index contributed by atoms with van der Waals surface area (Å²) in [6, 6.07) is 10.4. The summed E-state index contributed by atoms with van der Waals surface area (Å²) in [5.41, 5.74) is 2.12. The van der Waals surface area contributed by atoms with Crippen molar-refractivity contribution in [2.24, 2.45) is 4.99 Å². The molecule has 2 aromatic rings. The van der Waals surface area contributed by atoms with Crippen LogP contribution in [-0.2, 0) is 12.1 Å². The van der Waals surface area contributed by atoms with Crippen molar-refractivity contribution in [1.82, 2.24) is 10.6 Å². The molecule has 0 saturated heterocycles. The minimum Gasteiger partial charge on any atom is -0.466 e. The average molecular weight is 397 g/mol.